The lowest BCUT2D eigenvalue weighted by Crippen LogP contribution is -2.25. The molecule has 2 aromatic heterocycles. The van der Waals surface area contributed by atoms with E-state index < -0.39 is 0 Å². The predicted octanol–water partition coefficient (Wildman–Crippen LogP) is 2.98. The number of fused-ring (bicyclic) bond motifs is 2. The minimum absolute atomic E-state index is 0.124. The molecule has 34 heavy (non-hydrogen) atoms. The maximum atomic E-state index is 13.1. The fourth-order valence-corrected chi connectivity index (χ4v) is 4.18. The van der Waals surface area contributed by atoms with Crippen molar-refractivity contribution in [3.05, 3.63) is 64.5 Å². The van der Waals surface area contributed by atoms with Crippen LogP contribution in [0.4, 0.5) is 0 Å². The Bertz CT molecular complexity index is 1360. The van der Waals surface area contributed by atoms with Gasteiger partial charge in [0.25, 0.3) is 5.56 Å². The zero-order valence-corrected chi connectivity index (χ0v) is 19.4. The number of hydrogen-bond donors (Lipinski definition) is 2. The third-order valence-electron chi connectivity index (χ3n) is 6.01. The number of benzene rings is 2. The fourth-order valence-electron chi connectivity index (χ4n) is 4.18. The monoisotopic (exact) mass is 461 g/mol. The summed E-state index contributed by atoms with van der Waals surface area (Å²) in [6.45, 7) is 1.81. The van der Waals surface area contributed by atoms with Crippen LogP contribution in [0.1, 0.15) is 17.3 Å². The quantitative estimate of drug-likeness (QED) is 0.436. The zero-order chi connectivity index (χ0) is 23.7. The zero-order valence-electron chi connectivity index (χ0n) is 19.4. The summed E-state index contributed by atoms with van der Waals surface area (Å²) < 4.78 is 17.7. The summed E-state index contributed by atoms with van der Waals surface area (Å²) in [7, 11) is 5.60. The van der Waals surface area contributed by atoms with Crippen LogP contribution in [0.25, 0.3) is 22.0 Å². The smallest absolute Gasteiger partial charge is 0.258 e. The van der Waals surface area contributed by atoms with Gasteiger partial charge >= 0.3 is 0 Å². The first-order valence-corrected chi connectivity index (χ1v) is 11.2. The van der Waals surface area contributed by atoms with E-state index in [4.69, 9.17) is 19.2 Å². The Hall–Kier alpha value is -3.85. The van der Waals surface area contributed by atoms with Crippen LogP contribution in [0, 0.1) is 0 Å². The van der Waals surface area contributed by atoms with Crippen LogP contribution in [-0.4, -0.2) is 66.0 Å². The molecule has 0 spiro atoms. The minimum atomic E-state index is -0.218. The van der Waals surface area contributed by atoms with E-state index in [-0.39, 0.29) is 11.5 Å². The molecular weight excluding hydrogens is 434 g/mol. The number of likely N-dealkylation sites (N-methyl/N-ethyl adjacent to an activating group) is 1. The summed E-state index contributed by atoms with van der Waals surface area (Å²) >= 11 is 0. The molecule has 2 N–H and O–H groups in total. The molecule has 3 heterocycles. The number of aromatic nitrogens is 4. The van der Waals surface area contributed by atoms with Crippen molar-refractivity contribution in [2.24, 2.45) is 0 Å². The number of aromatic amines is 2. The van der Waals surface area contributed by atoms with Crippen LogP contribution in [-0.2, 0) is 6.42 Å². The maximum Gasteiger partial charge on any atom is 0.258 e. The van der Waals surface area contributed by atoms with Crippen molar-refractivity contribution in [2.75, 3.05) is 41.0 Å². The molecule has 9 nitrogen and oxygen atoms in total. The van der Waals surface area contributed by atoms with Crippen molar-refractivity contribution in [3.8, 4) is 28.4 Å². The molecule has 5 rings (SSSR count). The Morgan fingerprint density at radius 1 is 1.21 bits per heavy atom. The summed E-state index contributed by atoms with van der Waals surface area (Å²) in [5, 5.41) is 7.25. The van der Waals surface area contributed by atoms with Gasteiger partial charge in [-0.05, 0) is 50.3 Å². The summed E-state index contributed by atoms with van der Waals surface area (Å²) in [6.07, 6.45) is 4.12. The molecule has 1 atom stereocenters. The van der Waals surface area contributed by atoms with Gasteiger partial charge in [-0.25, -0.2) is 4.98 Å². The fraction of sp³-hybridized carbons (Fsp3) is 0.320. The molecule has 2 aromatic carbocycles. The van der Waals surface area contributed by atoms with Gasteiger partial charge < -0.3 is 24.1 Å². The van der Waals surface area contributed by atoms with Gasteiger partial charge in [0.2, 0.25) is 0 Å². The first-order chi connectivity index (χ1) is 16.5. The lowest BCUT2D eigenvalue weighted by Gasteiger charge is -2.26. The molecular formula is C25H27N5O4. The van der Waals surface area contributed by atoms with Gasteiger partial charge in [-0.2, -0.15) is 5.10 Å². The topological polar surface area (TPSA) is 105 Å². The van der Waals surface area contributed by atoms with Crippen LogP contribution in [0.5, 0.6) is 17.2 Å². The standard InChI is InChI=1S/C25H27N5O4/c1-30(2)7-8-33-20-5-4-6-21-18(20)10-16(14-34-21)24-28-23-19(25(31)29-24)9-15(11-22(23)32-3)17-12-26-27-13-17/h4-6,9,11-13,16H,7-8,10,14H2,1-3H3,(H,26,27)(H,28,29,31). The number of nitrogens with zero attached hydrogens (tertiary/aromatic N) is 3. The molecule has 0 bridgehead atoms. The van der Waals surface area contributed by atoms with Gasteiger partial charge in [0, 0.05) is 23.9 Å². The van der Waals surface area contributed by atoms with Gasteiger partial charge in [-0.15, -0.1) is 0 Å². The van der Waals surface area contributed by atoms with E-state index >= 15 is 0 Å². The van der Waals surface area contributed by atoms with Crippen molar-refractivity contribution >= 4 is 10.9 Å². The van der Waals surface area contributed by atoms with Gasteiger partial charge in [-0.3, -0.25) is 9.89 Å². The van der Waals surface area contributed by atoms with Crippen LogP contribution in [0.15, 0.2) is 47.5 Å². The second-order valence-corrected chi connectivity index (χ2v) is 8.61. The third kappa shape index (κ3) is 4.22. The van der Waals surface area contributed by atoms with Crippen molar-refractivity contribution in [1.82, 2.24) is 25.1 Å². The highest BCUT2D eigenvalue weighted by Gasteiger charge is 2.27. The first kappa shape index (κ1) is 22.0. The summed E-state index contributed by atoms with van der Waals surface area (Å²) in [5.74, 6) is 2.59. The van der Waals surface area contributed by atoms with Gasteiger partial charge in [0.1, 0.15) is 35.2 Å². The van der Waals surface area contributed by atoms with E-state index in [1.165, 1.54) is 0 Å². The first-order valence-electron chi connectivity index (χ1n) is 11.2. The molecule has 0 fully saturated rings. The van der Waals surface area contributed by atoms with Gasteiger partial charge in [-0.1, -0.05) is 6.07 Å². The number of rotatable bonds is 7. The predicted molar refractivity (Wildman–Crippen MR) is 129 cm³/mol. The number of ether oxygens (including phenoxy) is 3. The van der Waals surface area contributed by atoms with Gasteiger partial charge in [0.05, 0.1) is 31.2 Å². The highest BCUT2D eigenvalue weighted by molar-refractivity contribution is 5.89. The van der Waals surface area contributed by atoms with Crippen molar-refractivity contribution < 1.29 is 14.2 Å². The molecule has 1 aliphatic rings. The molecule has 9 heteroatoms. The third-order valence-corrected chi connectivity index (χ3v) is 6.01. The van der Waals surface area contributed by atoms with Crippen LogP contribution < -0.4 is 19.8 Å². The molecule has 176 valence electrons. The van der Waals surface area contributed by atoms with E-state index in [0.717, 1.165) is 34.7 Å². The average molecular weight is 462 g/mol. The lowest BCUT2D eigenvalue weighted by molar-refractivity contribution is 0.236. The maximum absolute atomic E-state index is 13.1. The molecule has 4 aromatic rings. The molecule has 0 amide bonds. The second-order valence-electron chi connectivity index (χ2n) is 8.61. The van der Waals surface area contributed by atoms with Crippen LogP contribution in [0.3, 0.4) is 0 Å². The number of hydrogen-bond acceptors (Lipinski definition) is 7. The summed E-state index contributed by atoms with van der Waals surface area (Å²) in [5.41, 5.74) is 2.98. The molecule has 0 saturated heterocycles. The number of H-pyrrole nitrogens is 2. The summed E-state index contributed by atoms with van der Waals surface area (Å²) in [4.78, 5) is 23.0. The highest BCUT2D eigenvalue weighted by Crippen LogP contribution is 2.38. The molecule has 0 saturated carbocycles. The van der Waals surface area contributed by atoms with E-state index in [1.54, 1.807) is 19.5 Å². The van der Waals surface area contributed by atoms with Crippen molar-refractivity contribution in [1.29, 1.82) is 0 Å². The van der Waals surface area contributed by atoms with Crippen LogP contribution >= 0.6 is 0 Å². The number of methoxy groups -OCH3 is 1. The Morgan fingerprint density at radius 2 is 2.09 bits per heavy atom. The summed E-state index contributed by atoms with van der Waals surface area (Å²) in [6, 6.07) is 9.51. The second kappa shape index (κ2) is 9.18. The van der Waals surface area contributed by atoms with Gasteiger partial charge in [0.15, 0.2) is 0 Å². The minimum Gasteiger partial charge on any atom is -0.494 e. The molecule has 0 radical (unpaired) electrons. The Kier molecular flexibility index (Phi) is 5.93. The Morgan fingerprint density at radius 3 is 2.85 bits per heavy atom. The average Bonchev–Trinajstić information content (AvgIpc) is 3.38. The Balaban J connectivity index is 1.49. The highest BCUT2D eigenvalue weighted by atomic mass is 16.5. The Labute approximate surface area is 196 Å². The molecule has 1 unspecified atom stereocenters. The van der Waals surface area contributed by atoms with E-state index in [0.29, 0.717) is 42.1 Å². The van der Waals surface area contributed by atoms with E-state index in [2.05, 4.69) is 20.1 Å². The largest absolute Gasteiger partial charge is 0.494 e. The SMILES string of the molecule is COc1cc(-c2cn[nH]c2)cc2c(=O)[nH]c(C3COc4cccc(OCCN(C)C)c4C3)nc12. The lowest BCUT2D eigenvalue weighted by atomic mass is 9.95. The number of nitrogens with one attached hydrogen (secondary N) is 2. The normalized spacial score (nSPS) is 15.2. The molecule has 1 aliphatic heterocycles. The van der Waals surface area contributed by atoms with E-state index in [1.807, 2.05) is 44.4 Å². The molecule has 0 aliphatic carbocycles. The van der Waals surface area contributed by atoms with E-state index in [9.17, 15) is 4.79 Å². The van der Waals surface area contributed by atoms with Crippen molar-refractivity contribution in [3.63, 3.8) is 0 Å². The van der Waals surface area contributed by atoms with Crippen molar-refractivity contribution in [2.45, 2.75) is 12.3 Å². The van der Waals surface area contributed by atoms with Crippen LogP contribution in [0.2, 0.25) is 0 Å².